The van der Waals surface area contributed by atoms with Crippen LogP contribution in [0.3, 0.4) is 0 Å². The van der Waals surface area contributed by atoms with E-state index in [1.807, 2.05) is 20.8 Å². The van der Waals surface area contributed by atoms with E-state index >= 15 is 0 Å². The van der Waals surface area contributed by atoms with E-state index in [9.17, 15) is 4.79 Å². The van der Waals surface area contributed by atoms with Gasteiger partial charge in [-0.3, -0.25) is 9.89 Å². The number of amides is 1. The summed E-state index contributed by atoms with van der Waals surface area (Å²) in [5.74, 6) is 0.692. The molecule has 0 unspecified atom stereocenters. The molecule has 0 atom stereocenters. The molecular weight excluding hydrogens is 218 g/mol. The summed E-state index contributed by atoms with van der Waals surface area (Å²) in [4.78, 5) is 16.0. The minimum Gasteiger partial charge on any atom is -0.346 e. The van der Waals surface area contributed by atoms with Gasteiger partial charge in [0, 0.05) is 17.5 Å². The summed E-state index contributed by atoms with van der Waals surface area (Å²) in [6.07, 6.45) is 1.67. The Balaban J connectivity index is 1.98. The van der Waals surface area contributed by atoms with E-state index in [0.717, 1.165) is 12.8 Å². The first kappa shape index (κ1) is 12.0. The van der Waals surface area contributed by atoms with Crippen molar-refractivity contribution in [3.05, 3.63) is 11.6 Å². The monoisotopic (exact) mass is 237 g/mol. The summed E-state index contributed by atoms with van der Waals surface area (Å²) in [6, 6.07) is 0.395. The average molecular weight is 237 g/mol. The highest BCUT2D eigenvalue weighted by Gasteiger charge is 2.29. The smallest absolute Gasteiger partial charge is 0.291 e. The van der Waals surface area contributed by atoms with Crippen molar-refractivity contribution in [1.82, 2.24) is 20.5 Å². The van der Waals surface area contributed by atoms with Crippen molar-refractivity contribution in [2.45, 2.75) is 51.1 Å². The topological polar surface area (TPSA) is 96.7 Å². The van der Waals surface area contributed by atoms with Crippen LogP contribution in [0.25, 0.3) is 0 Å². The number of nitrogens with zero attached hydrogens (tertiary/aromatic N) is 2. The van der Waals surface area contributed by atoms with Crippen LogP contribution >= 0.6 is 0 Å². The van der Waals surface area contributed by atoms with Gasteiger partial charge in [0.15, 0.2) is 0 Å². The molecule has 0 aromatic carbocycles. The molecule has 1 aromatic heterocycles. The van der Waals surface area contributed by atoms with Gasteiger partial charge >= 0.3 is 0 Å². The molecule has 0 aliphatic heterocycles. The molecule has 6 heteroatoms. The fraction of sp³-hybridized carbons (Fsp3) is 0.727. The fourth-order valence-corrected chi connectivity index (χ4v) is 1.73. The van der Waals surface area contributed by atoms with Crippen LogP contribution < -0.4 is 11.1 Å². The number of carbonyl (C=O) groups is 1. The SMILES string of the molecule is CC(C)(C)c1nc(C(=O)NC2CC(N)C2)n[nH]1. The molecule has 1 aliphatic carbocycles. The summed E-state index contributed by atoms with van der Waals surface area (Å²) < 4.78 is 0. The summed E-state index contributed by atoms with van der Waals surface area (Å²) >= 11 is 0. The first-order chi connectivity index (χ1) is 7.86. The summed E-state index contributed by atoms with van der Waals surface area (Å²) in [7, 11) is 0. The van der Waals surface area contributed by atoms with Crippen molar-refractivity contribution >= 4 is 5.91 Å². The fourth-order valence-electron chi connectivity index (χ4n) is 1.73. The number of rotatable bonds is 2. The van der Waals surface area contributed by atoms with E-state index in [0.29, 0.717) is 5.82 Å². The lowest BCUT2D eigenvalue weighted by Gasteiger charge is -2.32. The van der Waals surface area contributed by atoms with Crippen LogP contribution in [0, 0.1) is 0 Å². The lowest BCUT2D eigenvalue weighted by atomic mass is 9.88. The molecule has 1 saturated carbocycles. The van der Waals surface area contributed by atoms with Gasteiger partial charge < -0.3 is 11.1 Å². The largest absolute Gasteiger partial charge is 0.346 e. The lowest BCUT2D eigenvalue weighted by Crippen LogP contribution is -2.50. The zero-order valence-electron chi connectivity index (χ0n) is 10.4. The van der Waals surface area contributed by atoms with E-state index in [-0.39, 0.29) is 29.2 Å². The predicted molar refractivity (Wildman–Crippen MR) is 63.5 cm³/mol. The summed E-state index contributed by atoms with van der Waals surface area (Å²) in [5, 5.41) is 9.60. The molecule has 2 rings (SSSR count). The number of carbonyl (C=O) groups excluding carboxylic acids is 1. The average Bonchev–Trinajstić information content (AvgIpc) is 2.63. The number of nitrogens with two attached hydrogens (primary N) is 1. The van der Waals surface area contributed by atoms with Gasteiger partial charge in [-0.2, -0.15) is 0 Å². The van der Waals surface area contributed by atoms with Gasteiger partial charge in [-0.25, -0.2) is 4.98 Å². The van der Waals surface area contributed by atoms with E-state index in [1.165, 1.54) is 0 Å². The quantitative estimate of drug-likeness (QED) is 0.690. The Kier molecular flexibility index (Phi) is 2.91. The van der Waals surface area contributed by atoms with Crippen LogP contribution in [0.2, 0.25) is 0 Å². The molecule has 94 valence electrons. The Bertz CT molecular complexity index is 414. The molecule has 4 N–H and O–H groups in total. The van der Waals surface area contributed by atoms with Crippen molar-refractivity contribution in [1.29, 1.82) is 0 Å². The number of H-pyrrole nitrogens is 1. The lowest BCUT2D eigenvalue weighted by molar-refractivity contribution is 0.0900. The third kappa shape index (κ3) is 2.63. The second-order valence-electron chi connectivity index (χ2n) is 5.66. The van der Waals surface area contributed by atoms with Gasteiger partial charge in [-0.05, 0) is 12.8 Å². The van der Waals surface area contributed by atoms with Crippen molar-refractivity contribution in [3.63, 3.8) is 0 Å². The van der Waals surface area contributed by atoms with Crippen molar-refractivity contribution in [2.75, 3.05) is 0 Å². The molecule has 1 aromatic rings. The Morgan fingerprint density at radius 2 is 2.12 bits per heavy atom. The maximum atomic E-state index is 11.8. The minimum atomic E-state index is -0.228. The molecule has 1 aliphatic rings. The van der Waals surface area contributed by atoms with E-state index in [2.05, 4.69) is 20.5 Å². The van der Waals surface area contributed by atoms with Crippen molar-refractivity contribution in [2.24, 2.45) is 5.73 Å². The molecular formula is C11H19N5O. The standard InChI is InChI=1S/C11H19N5O/c1-11(2,3)10-14-8(15-16-10)9(17)13-7-4-6(12)5-7/h6-7H,4-5,12H2,1-3H3,(H,13,17)(H,14,15,16). The number of nitrogens with one attached hydrogen (secondary N) is 2. The van der Waals surface area contributed by atoms with Crippen molar-refractivity contribution < 1.29 is 4.79 Å². The highest BCUT2D eigenvalue weighted by Crippen LogP contribution is 2.19. The molecule has 17 heavy (non-hydrogen) atoms. The zero-order chi connectivity index (χ0) is 12.6. The van der Waals surface area contributed by atoms with E-state index in [1.54, 1.807) is 0 Å². The van der Waals surface area contributed by atoms with Crippen LogP contribution in [0.1, 0.15) is 50.1 Å². The molecule has 0 radical (unpaired) electrons. The Hall–Kier alpha value is -1.43. The summed E-state index contributed by atoms with van der Waals surface area (Å²) in [5.41, 5.74) is 5.52. The highest BCUT2D eigenvalue weighted by atomic mass is 16.2. The van der Waals surface area contributed by atoms with E-state index < -0.39 is 0 Å². The number of aromatic nitrogens is 3. The Morgan fingerprint density at radius 1 is 1.47 bits per heavy atom. The van der Waals surface area contributed by atoms with Gasteiger partial charge in [-0.15, -0.1) is 5.10 Å². The maximum absolute atomic E-state index is 11.8. The third-order valence-electron chi connectivity index (χ3n) is 2.91. The van der Waals surface area contributed by atoms with Gasteiger partial charge in [0.2, 0.25) is 5.82 Å². The molecule has 0 bridgehead atoms. The molecule has 1 fully saturated rings. The molecule has 6 nitrogen and oxygen atoms in total. The van der Waals surface area contributed by atoms with Crippen LogP contribution in [0.15, 0.2) is 0 Å². The Labute approximate surface area is 100 Å². The van der Waals surface area contributed by atoms with Gasteiger partial charge in [-0.1, -0.05) is 20.8 Å². The van der Waals surface area contributed by atoms with Crippen LogP contribution in [-0.4, -0.2) is 33.2 Å². The second kappa shape index (κ2) is 4.10. The minimum absolute atomic E-state index is 0.135. The molecule has 1 amide bonds. The normalized spacial score (nSPS) is 24.2. The van der Waals surface area contributed by atoms with Gasteiger partial charge in [0.1, 0.15) is 5.82 Å². The number of hydrogen-bond acceptors (Lipinski definition) is 4. The Morgan fingerprint density at radius 3 is 2.59 bits per heavy atom. The number of hydrogen-bond donors (Lipinski definition) is 3. The summed E-state index contributed by atoms with van der Waals surface area (Å²) in [6.45, 7) is 6.04. The highest BCUT2D eigenvalue weighted by molar-refractivity contribution is 5.90. The number of aromatic amines is 1. The first-order valence-electron chi connectivity index (χ1n) is 5.85. The molecule has 0 saturated heterocycles. The molecule has 1 heterocycles. The zero-order valence-corrected chi connectivity index (χ0v) is 10.4. The molecule has 0 spiro atoms. The van der Waals surface area contributed by atoms with Gasteiger partial charge in [0.25, 0.3) is 5.91 Å². The third-order valence-corrected chi connectivity index (χ3v) is 2.91. The van der Waals surface area contributed by atoms with Crippen LogP contribution in [-0.2, 0) is 5.41 Å². The van der Waals surface area contributed by atoms with Gasteiger partial charge in [0.05, 0.1) is 0 Å². The van der Waals surface area contributed by atoms with E-state index in [4.69, 9.17) is 5.73 Å². The predicted octanol–water partition coefficient (Wildman–Crippen LogP) is 0.322. The second-order valence-corrected chi connectivity index (χ2v) is 5.66. The van der Waals surface area contributed by atoms with Crippen molar-refractivity contribution in [3.8, 4) is 0 Å². The van der Waals surface area contributed by atoms with Crippen LogP contribution in [0.5, 0.6) is 0 Å². The first-order valence-corrected chi connectivity index (χ1v) is 5.85. The van der Waals surface area contributed by atoms with Crippen LogP contribution in [0.4, 0.5) is 0 Å². The maximum Gasteiger partial charge on any atom is 0.291 e.